The minimum Gasteiger partial charge on any atom is -0.478 e. The zero-order valence-electron chi connectivity index (χ0n) is 36.1. The zero-order chi connectivity index (χ0) is 55.0. The fourth-order valence-electron chi connectivity index (χ4n) is 6.73. The van der Waals surface area contributed by atoms with Crippen LogP contribution in [0, 0.1) is 0 Å². The summed E-state index contributed by atoms with van der Waals surface area (Å²) < 4.78 is 137. The average Bonchev–Trinajstić information content (AvgIpc) is 3.27. The van der Waals surface area contributed by atoms with Gasteiger partial charge >= 0.3 is 29.9 Å². The number of hydrogen-bond acceptors (Lipinski definition) is 19. The summed E-state index contributed by atoms with van der Waals surface area (Å²) in [4.78, 5) is 62.4. The van der Waals surface area contributed by atoms with E-state index in [1.807, 2.05) is 5.32 Å². The summed E-state index contributed by atoms with van der Waals surface area (Å²) in [6, 6.07) is 10.3. The number of urea groups is 1. The van der Waals surface area contributed by atoms with Crippen LogP contribution in [0.15, 0.2) is 142 Å². The molecule has 6 rings (SSSR count). The molecule has 0 spiro atoms. The van der Waals surface area contributed by atoms with Crippen molar-refractivity contribution in [1.82, 2.24) is 5.32 Å². The number of hydrogen-bond donors (Lipinski definition) is 12. The second kappa shape index (κ2) is 20.2. The number of nitrogens with one attached hydrogen (secondary N) is 3. The summed E-state index contributed by atoms with van der Waals surface area (Å²) in [6.45, 7) is 3.54. The van der Waals surface area contributed by atoms with E-state index in [2.05, 4.69) is 42.7 Å². The normalized spacial score (nSPS) is 12.5. The Bertz CT molecular complexity index is 4070. The number of guanidine groups is 1. The van der Waals surface area contributed by atoms with E-state index in [-0.39, 0.29) is 0 Å². The van der Waals surface area contributed by atoms with E-state index in [0.717, 1.165) is 48.5 Å². The van der Waals surface area contributed by atoms with Gasteiger partial charge in [-0.2, -0.15) is 48.9 Å². The third kappa shape index (κ3) is 12.1. The van der Waals surface area contributed by atoms with E-state index in [1.54, 1.807) is 0 Å². The monoisotopic (exact) mass is 1100 g/mol. The highest BCUT2D eigenvalue weighted by atomic mass is 32.2. The molecule has 0 unspecified atom stereocenters. The number of nitrogens with zero attached hydrogens (tertiary/aromatic N) is 5. The fraction of sp³-hybridized carbons (Fsp3) is 0. The quantitative estimate of drug-likeness (QED) is 0.0242. The van der Waals surface area contributed by atoms with Crippen molar-refractivity contribution in [2.45, 2.75) is 19.6 Å². The molecule has 0 saturated heterocycles. The van der Waals surface area contributed by atoms with Crippen LogP contribution in [0.2, 0.25) is 0 Å². The van der Waals surface area contributed by atoms with E-state index in [4.69, 9.17) is 5.73 Å². The molecule has 2 amide bonds. The number of benzene rings is 6. The average molecular weight is 1100 g/mol. The van der Waals surface area contributed by atoms with Crippen molar-refractivity contribution in [3.63, 3.8) is 0 Å². The van der Waals surface area contributed by atoms with Gasteiger partial charge in [-0.25, -0.2) is 24.0 Å². The lowest BCUT2D eigenvalue weighted by atomic mass is 10.1. The van der Waals surface area contributed by atoms with Crippen LogP contribution in [0.4, 0.5) is 38.9 Å². The van der Waals surface area contributed by atoms with Crippen LogP contribution in [0.3, 0.4) is 0 Å². The summed E-state index contributed by atoms with van der Waals surface area (Å²) in [6.07, 6.45) is 0. The predicted octanol–water partition coefficient (Wildman–Crippen LogP) is 5.62. The Morgan fingerprint density at radius 2 is 0.824 bits per heavy atom. The van der Waals surface area contributed by atoms with Gasteiger partial charge in [0.25, 0.3) is 40.5 Å². The van der Waals surface area contributed by atoms with Crippen LogP contribution < -0.4 is 21.7 Å². The first-order chi connectivity index (χ1) is 34.2. The van der Waals surface area contributed by atoms with Gasteiger partial charge in [0.05, 0.1) is 45.0 Å². The molecule has 384 valence electrons. The maximum Gasteiger partial charge on any atom is 0.338 e. The molecule has 74 heavy (non-hydrogen) atoms. The van der Waals surface area contributed by atoms with Gasteiger partial charge in [0, 0.05) is 21.5 Å². The molecule has 0 radical (unpaired) electrons. The van der Waals surface area contributed by atoms with Crippen LogP contribution >= 0.6 is 0 Å². The molecule has 0 atom stereocenters. The molecule has 0 saturated carbocycles. The SMILES string of the molecule is C=C(N=C(NC(N)=O)Nc1cc(C(=O)O)c(N=Nc2cc(S(=O)(=O)O)c3cccc(S(=O)(=O)O)c3c2)cc1C(=O)O)Nc1cc(C(=O)O)c(N=Nc2cc(S(=O)(=O)O)c3cccc(S(=O)(=O)O)c3c2)cc1C(=O)O. The van der Waals surface area contributed by atoms with Crippen molar-refractivity contribution in [3.8, 4) is 0 Å². The molecule has 0 aliphatic heterocycles. The van der Waals surface area contributed by atoms with E-state index in [1.165, 1.54) is 0 Å². The molecular weight excluding hydrogens is 1070 g/mol. The third-order valence-electron chi connectivity index (χ3n) is 9.68. The Labute approximate surface area is 412 Å². The van der Waals surface area contributed by atoms with Crippen LogP contribution in [0.5, 0.6) is 0 Å². The number of azo groups is 2. The minimum atomic E-state index is -5.14. The Morgan fingerprint density at radius 1 is 0.459 bits per heavy atom. The number of nitrogens with two attached hydrogens (primary N) is 1. The zero-order valence-corrected chi connectivity index (χ0v) is 39.4. The maximum atomic E-state index is 12.5. The maximum absolute atomic E-state index is 12.5. The molecular formula is C40H29N9O21S4. The van der Waals surface area contributed by atoms with E-state index < -0.39 is 180 Å². The first-order valence-electron chi connectivity index (χ1n) is 19.3. The number of fused-ring (bicyclic) bond motifs is 2. The number of carbonyl (C=O) groups is 5. The van der Waals surface area contributed by atoms with Crippen molar-refractivity contribution in [2.24, 2.45) is 31.2 Å². The lowest BCUT2D eigenvalue weighted by Crippen LogP contribution is -2.40. The molecule has 13 N–H and O–H groups in total. The molecule has 6 aromatic carbocycles. The predicted molar refractivity (Wildman–Crippen MR) is 253 cm³/mol. The lowest BCUT2D eigenvalue weighted by molar-refractivity contribution is 0.0682. The number of carboxylic acid groups (broad SMARTS) is 4. The number of amides is 2. The van der Waals surface area contributed by atoms with Crippen molar-refractivity contribution >= 4 is 132 Å². The molecule has 0 fully saturated rings. The van der Waals surface area contributed by atoms with Crippen LogP contribution in [0.1, 0.15) is 41.4 Å². The second-order valence-corrected chi connectivity index (χ2v) is 20.1. The highest BCUT2D eigenvalue weighted by Crippen LogP contribution is 2.37. The molecule has 0 heterocycles. The largest absolute Gasteiger partial charge is 0.478 e. The number of aliphatic imine (C=N–C) groups is 1. The van der Waals surface area contributed by atoms with Gasteiger partial charge in [0.2, 0.25) is 5.96 Å². The summed E-state index contributed by atoms with van der Waals surface area (Å²) in [5.74, 6) is -8.75. The molecule has 34 heteroatoms. The molecule has 30 nitrogen and oxygen atoms in total. The summed E-state index contributed by atoms with van der Waals surface area (Å²) in [5.41, 5.74) is -2.00. The van der Waals surface area contributed by atoms with Crippen molar-refractivity contribution in [3.05, 3.63) is 120 Å². The van der Waals surface area contributed by atoms with Gasteiger partial charge in [-0.15, -0.1) is 10.2 Å². The Balaban J connectivity index is 1.38. The summed E-state index contributed by atoms with van der Waals surface area (Å²) in [7, 11) is -20.3. The Kier molecular flexibility index (Phi) is 14.8. The van der Waals surface area contributed by atoms with Crippen molar-refractivity contribution < 1.29 is 96.3 Å². The minimum absolute atomic E-state index is 0.391. The van der Waals surface area contributed by atoms with Crippen molar-refractivity contribution in [1.29, 1.82) is 0 Å². The summed E-state index contributed by atoms with van der Waals surface area (Å²) in [5, 5.41) is 60.0. The standard InChI is InChI=1S/C40H29N9O21S4/c1-16(42-27-12-25(37(54)55)29(14-23(27)35(50)51)48-46-17-8-21-19(33(10-17)73(65,66)67)4-2-6-31(21)71(59,60)61)43-40(45-39(41)58)44-28-13-26(38(56)57)30(15-24(28)36(52)53)49-47-18-9-22-20(34(11-18)74(68,69)70)5-3-7-32(22)72(62,63)64/h2-15,42H,1H2,(H,50,51)(H,52,53)(H,54,55)(H,56,57)(H,59,60,61)(H,62,63,64)(H,65,66,67)(H,68,69,70)(H4,41,43,44,45,58). The van der Waals surface area contributed by atoms with Gasteiger partial charge in [-0.1, -0.05) is 30.8 Å². The number of primary amides is 1. The summed E-state index contributed by atoms with van der Waals surface area (Å²) >= 11 is 0. The first kappa shape index (κ1) is 54.2. The van der Waals surface area contributed by atoms with Crippen LogP contribution in [-0.4, -0.2) is 108 Å². The lowest BCUT2D eigenvalue weighted by Gasteiger charge is -2.16. The van der Waals surface area contributed by atoms with Gasteiger partial charge in [0.15, 0.2) is 0 Å². The molecule has 0 aromatic heterocycles. The van der Waals surface area contributed by atoms with Gasteiger partial charge < -0.3 is 36.8 Å². The van der Waals surface area contributed by atoms with Crippen LogP contribution in [-0.2, 0) is 40.5 Å². The number of anilines is 2. The van der Waals surface area contributed by atoms with E-state index in [9.17, 15) is 96.3 Å². The smallest absolute Gasteiger partial charge is 0.338 e. The third-order valence-corrected chi connectivity index (χ3v) is 13.3. The van der Waals surface area contributed by atoms with Gasteiger partial charge in [-0.05, 0) is 60.7 Å². The first-order valence-corrected chi connectivity index (χ1v) is 25.0. The van der Waals surface area contributed by atoms with E-state index >= 15 is 0 Å². The molecule has 0 aliphatic carbocycles. The van der Waals surface area contributed by atoms with Gasteiger partial charge in [0.1, 0.15) is 36.8 Å². The van der Waals surface area contributed by atoms with E-state index in [0.29, 0.717) is 36.4 Å². The number of rotatable bonds is 16. The van der Waals surface area contributed by atoms with Crippen molar-refractivity contribution in [2.75, 3.05) is 10.6 Å². The highest BCUT2D eigenvalue weighted by Gasteiger charge is 2.26. The Hall–Kier alpha value is -9.16. The number of aromatic carboxylic acids is 4. The number of carboxylic acids is 4. The van der Waals surface area contributed by atoms with Gasteiger partial charge in [-0.3, -0.25) is 23.5 Å². The fourth-order valence-corrected chi connectivity index (χ4v) is 9.58. The van der Waals surface area contributed by atoms with Crippen LogP contribution in [0.25, 0.3) is 21.5 Å². The highest BCUT2D eigenvalue weighted by molar-refractivity contribution is 7.87. The second-order valence-electron chi connectivity index (χ2n) is 14.6. The molecule has 6 aromatic rings. The topological polar surface area (TPSA) is 508 Å². The Morgan fingerprint density at radius 3 is 1.16 bits per heavy atom. The molecule has 0 aliphatic rings. The number of carbonyl (C=O) groups excluding carboxylic acids is 1. The molecule has 0 bridgehead atoms.